The van der Waals surface area contributed by atoms with Crippen LogP contribution in [0.5, 0.6) is 0 Å². The van der Waals surface area contributed by atoms with Crippen LogP contribution >= 0.6 is 22.6 Å². The van der Waals surface area contributed by atoms with Crippen molar-refractivity contribution in [2.75, 3.05) is 11.5 Å². The number of halogens is 1. The summed E-state index contributed by atoms with van der Waals surface area (Å²) < 4.78 is 17.6. The SMILES string of the molecule is CO[C@H]1O[C@H](CI)[C@@H](O)C[C@H]1OCc1ccccc1. The Morgan fingerprint density at radius 2 is 2.11 bits per heavy atom. The van der Waals surface area contributed by atoms with Crippen LogP contribution in [0.4, 0.5) is 0 Å². The van der Waals surface area contributed by atoms with Crippen LogP contribution in [0.2, 0.25) is 0 Å². The van der Waals surface area contributed by atoms with E-state index in [1.54, 1.807) is 7.11 Å². The summed E-state index contributed by atoms with van der Waals surface area (Å²) in [6, 6.07) is 9.95. The molecule has 0 amide bonds. The molecular formula is C14H19IO4. The molecule has 1 fully saturated rings. The van der Waals surface area contributed by atoms with E-state index in [4.69, 9.17) is 14.2 Å². The third kappa shape index (κ3) is 4.13. The van der Waals surface area contributed by atoms with Crippen LogP contribution in [0, 0.1) is 0 Å². The van der Waals surface area contributed by atoms with Crippen molar-refractivity contribution in [3.63, 3.8) is 0 Å². The Balaban J connectivity index is 1.91. The molecule has 4 atom stereocenters. The van der Waals surface area contributed by atoms with Crippen molar-refractivity contribution in [3.8, 4) is 0 Å². The van der Waals surface area contributed by atoms with Gasteiger partial charge in [-0.1, -0.05) is 52.9 Å². The minimum Gasteiger partial charge on any atom is -0.390 e. The highest BCUT2D eigenvalue weighted by molar-refractivity contribution is 14.1. The zero-order valence-corrected chi connectivity index (χ0v) is 13.0. The lowest BCUT2D eigenvalue weighted by Gasteiger charge is -2.37. The van der Waals surface area contributed by atoms with E-state index >= 15 is 0 Å². The summed E-state index contributed by atoms with van der Waals surface area (Å²) in [6.07, 6.45) is -0.781. The normalized spacial score (nSPS) is 31.3. The van der Waals surface area contributed by atoms with Gasteiger partial charge in [0.1, 0.15) is 6.10 Å². The van der Waals surface area contributed by atoms with E-state index in [1.807, 2.05) is 30.3 Å². The maximum atomic E-state index is 9.98. The van der Waals surface area contributed by atoms with Gasteiger partial charge >= 0.3 is 0 Å². The average molecular weight is 378 g/mol. The van der Waals surface area contributed by atoms with Gasteiger partial charge in [-0.05, 0) is 5.56 Å². The molecule has 0 radical (unpaired) electrons. The molecule has 0 spiro atoms. The van der Waals surface area contributed by atoms with Gasteiger partial charge in [0, 0.05) is 18.0 Å². The van der Waals surface area contributed by atoms with Crippen molar-refractivity contribution in [2.45, 2.75) is 37.6 Å². The van der Waals surface area contributed by atoms with Gasteiger partial charge in [-0.25, -0.2) is 0 Å². The van der Waals surface area contributed by atoms with Crippen molar-refractivity contribution in [1.82, 2.24) is 0 Å². The van der Waals surface area contributed by atoms with Crippen LogP contribution in [0.25, 0.3) is 0 Å². The van der Waals surface area contributed by atoms with E-state index in [9.17, 15) is 5.11 Å². The Labute approximate surface area is 127 Å². The van der Waals surface area contributed by atoms with Crippen LogP contribution in [-0.2, 0) is 20.8 Å². The van der Waals surface area contributed by atoms with E-state index in [0.29, 0.717) is 13.0 Å². The number of aliphatic hydroxyl groups excluding tert-OH is 1. The summed E-state index contributed by atoms with van der Waals surface area (Å²) in [5.41, 5.74) is 1.10. The first-order chi connectivity index (χ1) is 9.24. The Bertz CT molecular complexity index is 373. The molecule has 0 aliphatic carbocycles. The lowest BCUT2D eigenvalue weighted by molar-refractivity contribution is -0.262. The number of alkyl halides is 1. The fourth-order valence-electron chi connectivity index (χ4n) is 2.12. The quantitative estimate of drug-likeness (QED) is 0.630. The fourth-order valence-corrected chi connectivity index (χ4v) is 2.92. The van der Waals surface area contributed by atoms with Crippen LogP contribution in [0.15, 0.2) is 30.3 Å². The molecule has 0 unspecified atom stereocenters. The van der Waals surface area contributed by atoms with Gasteiger partial charge in [-0.3, -0.25) is 0 Å². The summed E-state index contributed by atoms with van der Waals surface area (Å²) in [6.45, 7) is 0.496. The first-order valence-corrected chi connectivity index (χ1v) is 7.85. The number of hydrogen-bond acceptors (Lipinski definition) is 4. The Morgan fingerprint density at radius 1 is 1.37 bits per heavy atom. The van der Waals surface area contributed by atoms with E-state index in [2.05, 4.69) is 22.6 Å². The summed E-state index contributed by atoms with van der Waals surface area (Å²) in [7, 11) is 1.60. The molecule has 1 aliphatic rings. The van der Waals surface area contributed by atoms with Gasteiger partial charge in [-0.15, -0.1) is 0 Å². The van der Waals surface area contributed by atoms with Crippen molar-refractivity contribution in [1.29, 1.82) is 0 Å². The standard InChI is InChI=1S/C14H19IO4/c1-17-14-12(7-11(16)13(8-15)19-14)18-9-10-5-3-2-4-6-10/h2-6,11-14,16H,7-9H2,1H3/t11-,12+,13+,14-/m0/s1. The van der Waals surface area contributed by atoms with Gasteiger partial charge in [0.15, 0.2) is 6.29 Å². The molecule has 1 N–H and O–H groups in total. The number of hydrogen-bond donors (Lipinski definition) is 1. The topological polar surface area (TPSA) is 47.9 Å². The molecular weight excluding hydrogens is 359 g/mol. The van der Waals surface area contributed by atoms with E-state index < -0.39 is 12.4 Å². The van der Waals surface area contributed by atoms with Gasteiger partial charge in [0.05, 0.1) is 18.8 Å². The number of aliphatic hydroxyl groups is 1. The third-order valence-corrected chi connectivity index (χ3v) is 4.07. The van der Waals surface area contributed by atoms with Crippen molar-refractivity contribution in [3.05, 3.63) is 35.9 Å². The largest absolute Gasteiger partial charge is 0.390 e. The fraction of sp³-hybridized carbons (Fsp3) is 0.571. The van der Waals surface area contributed by atoms with E-state index in [-0.39, 0.29) is 12.2 Å². The third-order valence-electron chi connectivity index (χ3n) is 3.21. The predicted molar refractivity (Wildman–Crippen MR) is 80.2 cm³/mol. The van der Waals surface area contributed by atoms with Gasteiger partial charge in [-0.2, -0.15) is 0 Å². The molecule has 1 saturated heterocycles. The lowest BCUT2D eigenvalue weighted by atomic mass is 10.0. The number of rotatable bonds is 5. The first kappa shape index (κ1) is 15.2. The zero-order valence-electron chi connectivity index (χ0n) is 10.9. The van der Waals surface area contributed by atoms with Crippen LogP contribution in [0.3, 0.4) is 0 Å². The highest BCUT2D eigenvalue weighted by Crippen LogP contribution is 2.25. The molecule has 1 heterocycles. The lowest BCUT2D eigenvalue weighted by Crippen LogP contribution is -2.49. The molecule has 0 saturated carbocycles. The molecule has 2 rings (SSSR count). The Morgan fingerprint density at radius 3 is 2.74 bits per heavy atom. The highest BCUT2D eigenvalue weighted by Gasteiger charge is 2.37. The molecule has 1 aromatic rings. The number of ether oxygens (including phenoxy) is 3. The summed E-state index contributed by atoms with van der Waals surface area (Å²) in [5, 5.41) is 9.98. The van der Waals surface area contributed by atoms with Crippen molar-refractivity contribution in [2.24, 2.45) is 0 Å². The van der Waals surface area contributed by atoms with Crippen LogP contribution < -0.4 is 0 Å². The van der Waals surface area contributed by atoms with Crippen LogP contribution in [0.1, 0.15) is 12.0 Å². The molecule has 1 aromatic carbocycles. The predicted octanol–water partition coefficient (Wildman–Crippen LogP) is 2.13. The molecule has 1 aliphatic heterocycles. The molecule has 4 nitrogen and oxygen atoms in total. The smallest absolute Gasteiger partial charge is 0.183 e. The van der Waals surface area contributed by atoms with Gasteiger partial charge in [0.25, 0.3) is 0 Å². The van der Waals surface area contributed by atoms with Gasteiger partial charge < -0.3 is 19.3 Å². The van der Waals surface area contributed by atoms with Crippen LogP contribution in [-0.4, -0.2) is 41.2 Å². The maximum Gasteiger partial charge on any atom is 0.183 e. The average Bonchev–Trinajstić information content (AvgIpc) is 2.46. The van der Waals surface area contributed by atoms with Crippen molar-refractivity contribution < 1.29 is 19.3 Å². The first-order valence-electron chi connectivity index (χ1n) is 6.32. The molecule has 0 aromatic heterocycles. The second-order valence-electron chi connectivity index (χ2n) is 4.57. The van der Waals surface area contributed by atoms with Gasteiger partial charge in [0.2, 0.25) is 0 Å². The Hall–Kier alpha value is -0.210. The van der Waals surface area contributed by atoms with Crippen molar-refractivity contribution >= 4 is 22.6 Å². The monoisotopic (exact) mass is 378 g/mol. The Kier molecular flexibility index (Phi) is 6.03. The molecule has 5 heteroatoms. The molecule has 19 heavy (non-hydrogen) atoms. The van der Waals surface area contributed by atoms with E-state index in [1.165, 1.54) is 0 Å². The minimum atomic E-state index is -0.496. The summed E-state index contributed by atoms with van der Waals surface area (Å²) in [4.78, 5) is 0. The number of benzene rings is 1. The molecule has 106 valence electrons. The summed E-state index contributed by atoms with van der Waals surface area (Å²) >= 11 is 2.20. The minimum absolute atomic E-state index is 0.179. The molecule has 0 bridgehead atoms. The number of methoxy groups -OCH3 is 1. The second-order valence-corrected chi connectivity index (χ2v) is 5.45. The highest BCUT2D eigenvalue weighted by atomic mass is 127. The summed E-state index contributed by atoms with van der Waals surface area (Å²) in [5.74, 6) is 0. The second kappa shape index (κ2) is 7.54. The van der Waals surface area contributed by atoms with E-state index in [0.717, 1.165) is 9.99 Å². The maximum absolute atomic E-state index is 9.98. The zero-order chi connectivity index (χ0) is 13.7.